The molecule has 2 saturated heterocycles. The third kappa shape index (κ3) is 3.24. The standard InChI is InChI=1S/C16H16ClN3O2S/c17-14-8-15(20-22-14)23-11-4-1-9(2-5-11)16(21)19-13-7-10-3-6-12(13)18-10/h1-2,4-5,8,10,12-13,18H,3,6-7H2,(H,19,21)/t10-,12+,13-/m1/s1. The molecular weight excluding hydrogens is 334 g/mol. The molecule has 7 heteroatoms. The summed E-state index contributed by atoms with van der Waals surface area (Å²) < 4.78 is 4.82. The third-order valence-corrected chi connectivity index (χ3v) is 5.50. The Morgan fingerprint density at radius 3 is 2.78 bits per heavy atom. The van der Waals surface area contributed by atoms with Crippen molar-refractivity contribution in [2.24, 2.45) is 0 Å². The van der Waals surface area contributed by atoms with Crippen molar-refractivity contribution < 1.29 is 9.32 Å². The van der Waals surface area contributed by atoms with Gasteiger partial charge in [-0.25, -0.2) is 0 Å². The predicted molar refractivity (Wildman–Crippen MR) is 87.9 cm³/mol. The lowest BCUT2D eigenvalue weighted by Crippen LogP contribution is -2.42. The molecule has 0 unspecified atom stereocenters. The zero-order valence-electron chi connectivity index (χ0n) is 12.3. The van der Waals surface area contributed by atoms with Crippen LogP contribution in [0.5, 0.6) is 0 Å². The number of carbonyl (C=O) groups is 1. The molecule has 4 rings (SSSR count). The fraction of sp³-hybridized carbons (Fsp3) is 0.375. The van der Waals surface area contributed by atoms with Gasteiger partial charge in [-0.2, -0.15) is 0 Å². The van der Waals surface area contributed by atoms with Gasteiger partial charge in [-0.05, 0) is 55.1 Å². The largest absolute Gasteiger partial charge is 0.348 e. The van der Waals surface area contributed by atoms with E-state index in [4.69, 9.17) is 16.1 Å². The summed E-state index contributed by atoms with van der Waals surface area (Å²) in [6.45, 7) is 0. The summed E-state index contributed by atoms with van der Waals surface area (Å²) in [6, 6.07) is 10.4. The normalized spacial score (nSPS) is 25.7. The first-order chi connectivity index (χ1) is 11.2. The van der Waals surface area contributed by atoms with E-state index in [-0.39, 0.29) is 17.2 Å². The summed E-state index contributed by atoms with van der Waals surface area (Å²) in [5.41, 5.74) is 0.676. The fourth-order valence-electron chi connectivity index (χ4n) is 3.32. The molecule has 23 heavy (non-hydrogen) atoms. The quantitative estimate of drug-likeness (QED) is 0.887. The average Bonchev–Trinajstić information content (AvgIpc) is 3.25. The summed E-state index contributed by atoms with van der Waals surface area (Å²) in [5.74, 6) is -0.00891. The Bertz CT molecular complexity index is 718. The van der Waals surface area contributed by atoms with Crippen molar-refractivity contribution in [3.8, 4) is 0 Å². The molecular formula is C16H16ClN3O2S. The second kappa shape index (κ2) is 6.19. The second-order valence-corrected chi connectivity index (χ2v) is 7.43. The minimum Gasteiger partial charge on any atom is -0.348 e. The van der Waals surface area contributed by atoms with Gasteiger partial charge in [0.1, 0.15) is 5.03 Å². The van der Waals surface area contributed by atoms with Crippen molar-refractivity contribution in [2.45, 2.75) is 47.3 Å². The molecule has 2 fully saturated rings. The molecule has 5 nitrogen and oxygen atoms in total. The Balaban J connectivity index is 1.38. The summed E-state index contributed by atoms with van der Waals surface area (Å²) in [4.78, 5) is 13.3. The molecule has 1 aromatic heterocycles. The van der Waals surface area contributed by atoms with Crippen LogP contribution in [-0.4, -0.2) is 29.2 Å². The van der Waals surface area contributed by atoms with Gasteiger partial charge < -0.3 is 15.2 Å². The molecule has 1 amide bonds. The van der Waals surface area contributed by atoms with E-state index in [9.17, 15) is 4.79 Å². The van der Waals surface area contributed by atoms with Gasteiger partial charge in [0, 0.05) is 34.7 Å². The van der Waals surface area contributed by atoms with Gasteiger partial charge in [0.25, 0.3) is 5.91 Å². The Morgan fingerprint density at radius 2 is 2.17 bits per heavy atom. The number of hydrogen-bond acceptors (Lipinski definition) is 5. The van der Waals surface area contributed by atoms with Gasteiger partial charge in [-0.15, -0.1) is 0 Å². The van der Waals surface area contributed by atoms with Gasteiger partial charge >= 0.3 is 0 Å². The number of hydrogen-bond donors (Lipinski definition) is 2. The number of rotatable bonds is 4. The van der Waals surface area contributed by atoms with E-state index in [1.165, 1.54) is 18.2 Å². The fourth-order valence-corrected chi connectivity index (χ4v) is 4.27. The Kier molecular flexibility index (Phi) is 4.05. The summed E-state index contributed by atoms with van der Waals surface area (Å²) in [5, 5.41) is 11.5. The van der Waals surface area contributed by atoms with Crippen LogP contribution in [0.1, 0.15) is 29.6 Å². The smallest absolute Gasteiger partial charge is 0.251 e. The van der Waals surface area contributed by atoms with E-state index in [2.05, 4.69) is 15.8 Å². The van der Waals surface area contributed by atoms with Crippen LogP contribution >= 0.6 is 23.4 Å². The zero-order chi connectivity index (χ0) is 15.8. The summed E-state index contributed by atoms with van der Waals surface area (Å²) in [7, 11) is 0. The van der Waals surface area contributed by atoms with E-state index < -0.39 is 0 Å². The van der Waals surface area contributed by atoms with Gasteiger partial charge in [0.15, 0.2) is 0 Å². The summed E-state index contributed by atoms with van der Waals surface area (Å²) >= 11 is 7.14. The number of benzene rings is 1. The molecule has 120 valence electrons. The number of carbonyl (C=O) groups excluding carboxylic acids is 1. The van der Waals surface area contributed by atoms with Crippen molar-refractivity contribution >= 4 is 29.3 Å². The monoisotopic (exact) mass is 349 g/mol. The van der Waals surface area contributed by atoms with Gasteiger partial charge in [0.2, 0.25) is 5.22 Å². The van der Waals surface area contributed by atoms with E-state index >= 15 is 0 Å². The van der Waals surface area contributed by atoms with Crippen molar-refractivity contribution in [3.63, 3.8) is 0 Å². The zero-order valence-corrected chi connectivity index (χ0v) is 13.9. The Labute approximate surface area is 143 Å². The number of aromatic nitrogens is 1. The van der Waals surface area contributed by atoms with E-state index in [1.807, 2.05) is 24.3 Å². The molecule has 3 atom stereocenters. The second-order valence-electron chi connectivity index (χ2n) is 5.96. The lowest BCUT2D eigenvalue weighted by molar-refractivity contribution is 0.0931. The van der Waals surface area contributed by atoms with Crippen molar-refractivity contribution in [1.29, 1.82) is 0 Å². The van der Waals surface area contributed by atoms with Crippen LogP contribution in [0.25, 0.3) is 0 Å². The predicted octanol–water partition coefficient (Wildman–Crippen LogP) is 3.10. The van der Waals surface area contributed by atoms with Crippen LogP contribution in [0.3, 0.4) is 0 Å². The highest BCUT2D eigenvalue weighted by Crippen LogP contribution is 2.30. The van der Waals surface area contributed by atoms with Crippen LogP contribution in [0.2, 0.25) is 5.22 Å². The topological polar surface area (TPSA) is 67.2 Å². The molecule has 1 aromatic carbocycles. The van der Waals surface area contributed by atoms with Crippen LogP contribution < -0.4 is 10.6 Å². The number of halogens is 1. The maximum atomic E-state index is 12.4. The first kappa shape index (κ1) is 15.1. The highest BCUT2D eigenvalue weighted by atomic mass is 35.5. The SMILES string of the molecule is O=C(N[C@@H]1C[C@H]2CC[C@@H]1N2)c1ccc(Sc2cc(Cl)on2)cc1. The molecule has 2 N–H and O–H groups in total. The molecule has 2 bridgehead atoms. The molecule has 2 aromatic rings. The highest BCUT2D eigenvalue weighted by molar-refractivity contribution is 7.99. The lowest BCUT2D eigenvalue weighted by Gasteiger charge is -2.21. The van der Waals surface area contributed by atoms with Crippen LogP contribution in [-0.2, 0) is 0 Å². The molecule has 3 heterocycles. The number of nitrogens with zero attached hydrogens (tertiary/aromatic N) is 1. The van der Waals surface area contributed by atoms with Crippen molar-refractivity contribution in [1.82, 2.24) is 15.8 Å². The van der Waals surface area contributed by atoms with Gasteiger partial charge in [-0.1, -0.05) is 16.9 Å². The maximum absolute atomic E-state index is 12.4. The minimum absolute atomic E-state index is 0.00891. The Hall–Kier alpha value is -1.50. The van der Waals surface area contributed by atoms with E-state index in [1.54, 1.807) is 6.07 Å². The molecule has 2 aliphatic rings. The molecule has 0 spiro atoms. The third-order valence-electron chi connectivity index (χ3n) is 4.42. The number of nitrogens with one attached hydrogen (secondary N) is 2. The molecule has 0 radical (unpaired) electrons. The van der Waals surface area contributed by atoms with Crippen LogP contribution in [0, 0.1) is 0 Å². The highest BCUT2D eigenvalue weighted by Gasteiger charge is 2.39. The summed E-state index contributed by atoms with van der Waals surface area (Å²) in [6.07, 6.45) is 3.43. The first-order valence-electron chi connectivity index (χ1n) is 7.64. The minimum atomic E-state index is -0.00891. The van der Waals surface area contributed by atoms with Crippen molar-refractivity contribution in [2.75, 3.05) is 0 Å². The van der Waals surface area contributed by atoms with E-state index in [0.29, 0.717) is 22.7 Å². The maximum Gasteiger partial charge on any atom is 0.251 e. The molecule has 0 aliphatic carbocycles. The van der Waals surface area contributed by atoms with Crippen molar-refractivity contribution in [3.05, 3.63) is 41.1 Å². The lowest BCUT2D eigenvalue weighted by atomic mass is 9.95. The number of fused-ring (bicyclic) bond motifs is 2. The van der Waals surface area contributed by atoms with Gasteiger partial charge in [-0.3, -0.25) is 4.79 Å². The van der Waals surface area contributed by atoms with E-state index in [0.717, 1.165) is 17.7 Å². The molecule has 0 saturated carbocycles. The van der Waals surface area contributed by atoms with Crippen LogP contribution in [0.15, 0.2) is 44.8 Å². The average molecular weight is 350 g/mol. The van der Waals surface area contributed by atoms with Crippen LogP contribution in [0.4, 0.5) is 0 Å². The first-order valence-corrected chi connectivity index (χ1v) is 8.84. The van der Waals surface area contributed by atoms with Gasteiger partial charge in [0.05, 0.1) is 0 Å². The Morgan fingerprint density at radius 1 is 1.35 bits per heavy atom. The number of amides is 1. The molecule has 2 aliphatic heterocycles.